The molecule has 0 aromatic heterocycles. The lowest BCUT2D eigenvalue weighted by Gasteiger charge is -1.97. The highest BCUT2D eigenvalue weighted by atomic mass is 32.2. The van der Waals surface area contributed by atoms with Crippen LogP contribution in [-0.4, -0.2) is 16.2 Å². The normalized spacial score (nSPS) is 17.1. The van der Waals surface area contributed by atoms with Crippen molar-refractivity contribution in [3.63, 3.8) is 0 Å². The molecule has 0 spiro atoms. The predicted octanol–water partition coefficient (Wildman–Crippen LogP) is 1.85. The Bertz CT molecular complexity index is 148. The lowest BCUT2D eigenvalue weighted by Crippen LogP contribution is -1.99. The van der Waals surface area contributed by atoms with Gasteiger partial charge in [0.05, 0.1) is 0 Å². The summed E-state index contributed by atoms with van der Waals surface area (Å²) in [5.41, 5.74) is 0. The standard InChI is InChI=1S/C6H15NOS/c1-3-4-5-6-9(2,7)8/h7H,3-6H2,1-2H3. The van der Waals surface area contributed by atoms with Crippen molar-refractivity contribution in [2.24, 2.45) is 0 Å². The zero-order chi connectivity index (χ0) is 7.33. The fraction of sp³-hybridized carbons (Fsp3) is 1.00. The van der Waals surface area contributed by atoms with Crippen molar-refractivity contribution in [2.75, 3.05) is 12.0 Å². The second-order valence-electron chi connectivity index (χ2n) is 2.42. The number of hydrogen-bond acceptors (Lipinski definition) is 2. The van der Waals surface area contributed by atoms with Gasteiger partial charge in [0.1, 0.15) is 0 Å². The maximum absolute atomic E-state index is 10.7. The van der Waals surface area contributed by atoms with E-state index in [1.54, 1.807) is 0 Å². The van der Waals surface area contributed by atoms with Crippen LogP contribution in [0.3, 0.4) is 0 Å². The molecule has 2 nitrogen and oxygen atoms in total. The maximum atomic E-state index is 10.7. The fourth-order valence-electron chi connectivity index (χ4n) is 0.627. The predicted molar refractivity (Wildman–Crippen MR) is 41.2 cm³/mol. The molecule has 0 aromatic carbocycles. The van der Waals surface area contributed by atoms with E-state index in [4.69, 9.17) is 4.78 Å². The summed E-state index contributed by atoms with van der Waals surface area (Å²) in [6.45, 7) is 2.10. The van der Waals surface area contributed by atoms with Gasteiger partial charge in [-0.15, -0.1) is 0 Å². The van der Waals surface area contributed by atoms with Gasteiger partial charge in [-0.25, -0.2) is 0 Å². The van der Waals surface area contributed by atoms with Crippen molar-refractivity contribution in [2.45, 2.75) is 26.2 Å². The topological polar surface area (TPSA) is 40.9 Å². The molecular weight excluding hydrogens is 134 g/mol. The second kappa shape index (κ2) is 3.88. The first-order valence-electron chi connectivity index (χ1n) is 3.27. The Kier molecular flexibility index (Phi) is 3.86. The smallest absolute Gasteiger partial charge is 0.0412 e. The molecule has 9 heavy (non-hydrogen) atoms. The van der Waals surface area contributed by atoms with Crippen molar-refractivity contribution >= 4 is 9.73 Å². The van der Waals surface area contributed by atoms with E-state index in [-0.39, 0.29) is 0 Å². The number of rotatable bonds is 4. The molecule has 1 unspecified atom stereocenters. The van der Waals surface area contributed by atoms with Gasteiger partial charge in [-0.1, -0.05) is 19.8 Å². The van der Waals surface area contributed by atoms with Crippen LogP contribution in [0.5, 0.6) is 0 Å². The van der Waals surface area contributed by atoms with Gasteiger partial charge in [-0.3, -0.25) is 8.99 Å². The average Bonchev–Trinajstić information content (AvgIpc) is 1.63. The zero-order valence-corrected chi connectivity index (χ0v) is 6.96. The molecule has 0 heterocycles. The summed E-state index contributed by atoms with van der Waals surface area (Å²) in [5.74, 6) is 0.570. The molecule has 1 atom stereocenters. The zero-order valence-electron chi connectivity index (χ0n) is 6.14. The molecular formula is C6H15NOS. The van der Waals surface area contributed by atoms with Gasteiger partial charge in [-0.05, 0) is 6.42 Å². The molecule has 0 saturated carbocycles. The molecule has 1 N–H and O–H groups in total. The maximum Gasteiger partial charge on any atom is 0.0412 e. The van der Waals surface area contributed by atoms with E-state index in [1.165, 1.54) is 6.26 Å². The molecule has 0 aliphatic carbocycles. The van der Waals surface area contributed by atoms with Crippen LogP contribution < -0.4 is 0 Å². The number of unbranched alkanes of at least 4 members (excludes halogenated alkanes) is 2. The van der Waals surface area contributed by atoms with E-state index in [0.29, 0.717) is 5.75 Å². The van der Waals surface area contributed by atoms with Gasteiger partial charge in [0.2, 0.25) is 0 Å². The molecule has 0 amide bonds. The first kappa shape index (κ1) is 8.95. The van der Waals surface area contributed by atoms with E-state index in [0.717, 1.165) is 19.3 Å². The van der Waals surface area contributed by atoms with Gasteiger partial charge in [-0.2, -0.15) is 0 Å². The van der Waals surface area contributed by atoms with Crippen LogP contribution in [0.25, 0.3) is 0 Å². The third-order valence-corrected chi connectivity index (χ3v) is 2.21. The first-order chi connectivity index (χ1) is 4.06. The van der Waals surface area contributed by atoms with Gasteiger partial charge in [0, 0.05) is 21.7 Å². The SMILES string of the molecule is CCCCCS(C)(=N)=O. The molecule has 0 rings (SSSR count). The van der Waals surface area contributed by atoms with Crippen molar-refractivity contribution in [1.29, 1.82) is 4.78 Å². The Morgan fingerprint density at radius 1 is 1.44 bits per heavy atom. The largest absolute Gasteiger partial charge is 0.253 e. The highest BCUT2D eigenvalue weighted by Crippen LogP contribution is 1.97. The van der Waals surface area contributed by atoms with Gasteiger partial charge >= 0.3 is 0 Å². The van der Waals surface area contributed by atoms with Crippen molar-refractivity contribution in [3.8, 4) is 0 Å². The Labute approximate surface area is 57.6 Å². The minimum atomic E-state index is -2.20. The highest BCUT2D eigenvalue weighted by molar-refractivity contribution is 7.91. The van der Waals surface area contributed by atoms with Gasteiger partial charge in [0.25, 0.3) is 0 Å². The first-order valence-corrected chi connectivity index (χ1v) is 5.41. The van der Waals surface area contributed by atoms with Crippen molar-refractivity contribution in [3.05, 3.63) is 0 Å². The summed E-state index contributed by atoms with van der Waals surface area (Å²) < 4.78 is 17.8. The number of hydrogen-bond donors (Lipinski definition) is 1. The molecule has 56 valence electrons. The Morgan fingerprint density at radius 3 is 2.33 bits per heavy atom. The van der Waals surface area contributed by atoms with E-state index >= 15 is 0 Å². The molecule has 0 radical (unpaired) electrons. The fourth-order valence-corrected chi connectivity index (χ4v) is 1.38. The summed E-state index contributed by atoms with van der Waals surface area (Å²) in [5, 5.41) is 0. The van der Waals surface area contributed by atoms with Crippen LogP contribution in [0.4, 0.5) is 0 Å². The van der Waals surface area contributed by atoms with Crippen LogP contribution in [0.15, 0.2) is 0 Å². The molecule has 0 bridgehead atoms. The molecule has 3 heteroatoms. The van der Waals surface area contributed by atoms with Gasteiger partial charge in [0.15, 0.2) is 0 Å². The lowest BCUT2D eigenvalue weighted by atomic mass is 10.3. The molecule has 0 saturated heterocycles. The summed E-state index contributed by atoms with van der Waals surface area (Å²) in [6, 6.07) is 0. The summed E-state index contributed by atoms with van der Waals surface area (Å²) in [7, 11) is -2.20. The van der Waals surface area contributed by atoms with Crippen LogP contribution in [0, 0.1) is 4.78 Å². The van der Waals surface area contributed by atoms with E-state index < -0.39 is 9.73 Å². The second-order valence-corrected chi connectivity index (χ2v) is 4.83. The molecule has 0 aromatic rings. The molecule has 0 aliphatic rings. The average molecular weight is 149 g/mol. The van der Waals surface area contributed by atoms with E-state index in [1.807, 2.05) is 0 Å². The summed E-state index contributed by atoms with van der Waals surface area (Å²) in [4.78, 5) is 0. The summed E-state index contributed by atoms with van der Waals surface area (Å²) >= 11 is 0. The van der Waals surface area contributed by atoms with E-state index in [9.17, 15) is 4.21 Å². The molecule has 0 aliphatic heterocycles. The van der Waals surface area contributed by atoms with Crippen LogP contribution in [0.2, 0.25) is 0 Å². The summed E-state index contributed by atoms with van der Waals surface area (Å²) in [6.07, 6.45) is 4.68. The third kappa shape index (κ3) is 7.95. The quantitative estimate of drug-likeness (QED) is 0.609. The van der Waals surface area contributed by atoms with E-state index in [2.05, 4.69) is 6.92 Å². The van der Waals surface area contributed by atoms with Gasteiger partial charge < -0.3 is 0 Å². The molecule has 0 fully saturated rings. The minimum Gasteiger partial charge on any atom is -0.253 e. The third-order valence-electron chi connectivity index (χ3n) is 1.14. The lowest BCUT2D eigenvalue weighted by molar-refractivity contribution is 0.672. The Balaban J connectivity index is 3.30. The minimum absolute atomic E-state index is 0.570. The van der Waals surface area contributed by atoms with Crippen molar-refractivity contribution in [1.82, 2.24) is 0 Å². The highest BCUT2D eigenvalue weighted by Gasteiger charge is 1.94. The monoisotopic (exact) mass is 149 g/mol. The Morgan fingerprint density at radius 2 is 2.00 bits per heavy atom. The van der Waals surface area contributed by atoms with Crippen LogP contribution in [-0.2, 0) is 9.73 Å². The number of nitrogens with one attached hydrogen (secondary N) is 1. The van der Waals surface area contributed by atoms with Crippen LogP contribution in [0.1, 0.15) is 26.2 Å². The van der Waals surface area contributed by atoms with Crippen LogP contribution >= 0.6 is 0 Å². The van der Waals surface area contributed by atoms with Crippen molar-refractivity contribution < 1.29 is 4.21 Å². The Hall–Kier alpha value is -0.0500.